The molecule has 2 amide bonds. The lowest BCUT2D eigenvalue weighted by Gasteiger charge is -2.29. The van der Waals surface area contributed by atoms with Crippen molar-refractivity contribution in [3.05, 3.63) is 70.4 Å². The van der Waals surface area contributed by atoms with Crippen LogP contribution in [-0.4, -0.2) is 29.8 Å². The Balaban J connectivity index is 1.75. The monoisotopic (exact) mass is 416 g/mol. The summed E-state index contributed by atoms with van der Waals surface area (Å²) in [6.45, 7) is 7.90. The Morgan fingerprint density at radius 1 is 0.871 bits per heavy atom. The number of rotatable bonds is 6. The van der Waals surface area contributed by atoms with Crippen LogP contribution in [-0.2, 0) is 16.0 Å². The maximum atomic E-state index is 13.7. The number of imide groups is 1. The zero-order valence-electron chi connectivity index (χ0n) is 18.9. The van der Waals surface area contributed by atoms with Crippen molar-refractivity contribution < 1.29 is 9.59 Å². The van der Waals surface area contributed by atoms with E-state index in [1.165, 1.54) is 16.9 Å². The van der Waals surface area contributed by atoms with Gasteiger partial charge in [0.2, 0.25) is 0 Å². The van der Waals surface area contributed by atoms with Crippen molar-refractivity contribution in [3.63, 3.8) is 0 Å². The van der Waals surface area contributed by atoms with Gasteiger partial charge in [-0.1, -0.05) is 49.2 Å². The molecule has 2 aromatic carbocycles. The predicted molar refractivity (Wildman–Crippen MR) is 126 cm³/mol. The molecule has 2 aliphatic heterocycles. The molecule has 4 nitrogen and oxygen atoms in total. The van der Waals surface area contributed by atoms with Crippen LogP contribution in [0.5, 0.6) is 0 Å². The van der Waals surface area contributed by atoms with Gasteiger partial charge in [0.1, 0.15) is 5.70 Å². The minimum absolute atomic E-state index is 0.191. The van der Waals surface area contributed by atoms with E-state index in [1.807, 2.05) is 50.2 Å². The van der Waals surface area contributed by atoms with E-state index in [-0.39, 0.29) is 11.8 Å². The summed E-state index contributed by atoms with van der Waals surface area (Å²) in [7, 11) is 0. The van der Waals surface area contributed by atoms with Gasteiger partial charge >= 0.3 is 0 Å². The summed E-state index contributed by atoms with van der Waals surface area (Å²) in [6.07, 6.45) is 6.58. The summed E-state index contributed by atoms with van der Waals surface area (Å²) in [5.41, 5.74) is 6.07. The van der Waals surface area contributed by atoms with E-state index < -0.39 is 0 Å². The number of hydrogen-bond donors (Lipinski definition) is 0. The van der Waals surface area contributed by atoms with Crippen LogP contribution in [0.1, 0.15) is 61.3 Å². The zero-order valence-corrected chi connectivity index (χ0v) is 18.9. The third-order valence-electron chi connectivity index (χ3n) is 6.40. The highest BCUT2D eigenvalue weighted by Gasteiger charge is 2.43. The minimum atomic E-state index is -0.209. The highest BCUT2D eigenvalue weighted by molar-refractivity contribution is 6.45. The molecule has 0 N–H and O–H groups in total. The third-order valence-corrected chi connectivity index (χ3v) is 6.40. The average Bonchev–Trinajstić information content (AvgIpc) is 3.03. The second-order valence-corrected chi connectivity index (χ2v) is 8.81. The van der Waals surface area contributed by atoms with Crippen LogP contribution in [0.25, 0.3) is 5.57 Å². The number of carbonyl (C=O) groups is 2. The molecule has 1 saturated heterocycles. The number of likely N-dealkylation sites (tertiary alicyclic amines) is 1. The highest BCUT2D eigenvalue weighted by Crippen LogP contribution is 2.37. The molecule has 2 heterocycles. The Labute approximate surface area is 185 Å². The van der Waals surface area contributed by atoms with Gasteiger partial charge < -0.3 is 4.90 Å². The van der Waals surface area contributed by atoms with E-state index in [1.54, 1.807) is 0 Å². The summed E-state index contributed by atoms with van der Waals surface area (Å²) in [5, 5.41) is 0. The Bertz CT molecular complexity index is 1010. The van der Waals surface area contributed by atoms with Crippen LogP contribution in [0.15, 0.2) is 48.2 Å². The van der Waals surface area contributed by atoms with Crippen molar-refractivity contribution in [2.24, 2.45) is 0 Å². The van der Waals surface area contributed by atoms with Crippen LogP contribution in [0.2, 0.25) is 0 Å². The number of anilines is 1. The molecular weight excluding hydrogens is 384 g/mol. The summed E-state index contributed by atoms with van der Waals surface area (Å²) < 4.78 is 0. The van der Waals surface area contributed by atoms with E-state index in [0.717, 1.165) is 61.9 Å². The molecule has 0 unspecified atom stereocenters. The lowest BCUT2D eigenvalue weighted by atomic mass is 9.96. The summed E-state index contributed by atoms with van der Waals surface area (Å²) in [4.78, 5) is 30.8. The van der Waals surface area contributed by atoms with Crippen LogP contribution in [0.4, 0.5) is 5.69 Å². The number of nitrogens with zero attached hydrogens (tertiary/aromatic N) is 2. The van der Waals surface area contributed by atoms with E-state index in [9.17, 15) is 9.59 Å². The molecule has 0 atom stereocenters. The third kappa shape index (κ3) is 4.16. The molecule has 0 aliphatic carbocycles. The van der Waals surface area contributed by atoms with E-state index in [0.29, 0.717) is 17.0 Å². The van der Waals surface area contributed by atoms with Gasteiger partial charge in [-0.3, -0.25) is 9.59 Å². The lowest BCUT2D eigenvalue weighted by molar-refractivity contribution is -0.120. The quantitative estimate of drug-likeness (QED) is 0.591. The normalized spacial score (nSPS) is 17.1. The summed E-state index contributed by atoms with van der Waals surface area (Å²) in [5.74, 6) is -0.401. The molecule has 0 radical (unpaired) electrons. The van der Waals surface area contributed by atoms with Gasteiger partial charge in [0.25, 0.3) is 11.8 Å². The van der Waals surface area contributed by atoms with Gasteiger partial charge in [-0.05, 0) is 74.8 Å². The van der Waals surface area contributed by atoms with Gasteiger partial charge in [0.05, 0.1) is 11.3 Å². The van der Waals surface area contributed by atoms with E-state index in [4.69, 9.17) is 0 Å². The fourth-order valence-corrected chi connectivity index (χ4v) is 4.69. The molecule has 162 valence electrons. The molecule has 0 spiro atoms. The fraction of sp³-hybridized carbons (Fsp3) is 0.407. The molecule has 1 fully saturated rings. The first-order valence-corrected chi connectivity index (χ1v) is 11.6. The standard InChI is InChI=1S/C27H32N2O2/c1-4-5-9-21-11-13-22(14-12-21)29-26(30)24(23-15-10-19(2)18-20(23)3)25(27(29)31)28-16-7-6-8-17-28/h10-15,18H,4-9,16-17H2,1-3H3. The zero-order chi connectivity index (χ0) is 22.0. The van der Waals surface area contributed by atoms with Gasteiger partial charge in [-0.2, -0.15) is 0 Å². The lowest BCUT2D eigenvalue weighted by Crippen LogP contribution is -2.37. The first kappa shape index (κ1) is 21.4. The number of hydrogen-bond acceptors (Lipinski definition) is 3. The molecule has 2 aromatic rings. The molecule has 4 heteroatoms. The number of unbranched alkanes of at least 4 members (excludes halogenated alkanes) is 1. The Morgan fingerprint density at radius 3 is 2.23 bits per heavy atom. The Morgan fingerprint density at radius 2 is 1.58 bits per heavy atom. The number of benzene rings is 2. The van der Waals surface area contributed by atoms with Crippen molar-refractivity contribution in [1.82, 2.24) is 4.90 Å². The van der Waals surface area contributed by atoms with Crippen LogP contribution < -0.4 is 4.90 Å². The predicted octanol–water partition coefficient (Wildman–Crippen LogP) is 5.42. The summed E-state index contributed by atoms with van der Waals surface area (Å²) >= 11 is 0. The van der Waals surface area contributed by atoms with Crippen LogP contribution >= 0.6 is 0 Å². The Hall–Kier alpha value is -2.88. The van der Waals surface area contributed by atoms with Crippen molar-refractivity contribution in [1.29, 1.82) is 0 Å². The smallest absolute Gasteiger partial charge is 0.282 e. The van der Waals surface area contributed by atoms with Crippen molar-refractivity contribution >= 4 is 23.1 Å². The molecule has 0 bridgehead atoms. The van der Waals surface area contributed by atoms with Crippen LogP contribution in [0, 0.1) is 13.8 Å². The molecule has 2 aliphatic rings. The second-order valence-electron chi connectivity index (χ2n) is 8.81. The van der Waals surface area contributed by atoms with Gasteiger partial charge in [0.15, 0.2) is 0 Å². The number of aryl methyl sites for hydroxylation is 3. The highest BCUT2D eigenvalue weighted by atomic mass is 16.2. The van der Waals surface area contributed by atoms with Gasteiger partial charge in [-0.15, -0.1) is 0 Å². The first-order valence-electron chi connectivity index (χ1n) is 11.6. The topological polar surface area (TPSA) is 40.6 Å². The van der Waals surface area contributed by atoms with Gasteiger partial charge in [-0.25, -0.2) is 4.90 Å². The van der Waals surface area contributed by atoms with Crippen LogP contribution in [0.3, 0.4) is 0 Å². The van der Waals surface area contributed by atoms with E-state index >= 15 is 0 Å². The minimum Gasteiger partial charge on any atom is -0.366 e. The maximum absolute atomic E-state index is 13.7. The summed E-state index contributed by atoms with van der Waals surface area (Å²) in [6, 6.07) is 14.0. The molecular formula is C27H32N2O2. The molecule has 0 aromatic heterocycles. The molecule has 4 rings (SSSR count). The first-order chi connectivity index (χ1) is 15.0. The van der Waals surface area contributed by atoms with E-state index in [2.05, 4.69) is 17.9 Å². The van der Waals surface area contributed by atoms with Crippen molar-refractivity contribution in [2.75, 3.05) is 18.0 Å². The average molecular weight is 417 g/mol. The number of piperidine rings is 1. The van der Waals surface area contributed by atoms with Crippen molar-refractivity contribution in [3.8, 4) is 0 Å². The fourth-order valence-electron chi connectivity index (χ4n) is 4.69. The number of amides is 2. The largest absolute Gasteiger partial charge is 0.366 e. The van der Waals surface area contributed by atoms with Crippen molar-refractivity contribution in [2.45, 2.75) is 59.3 Å². The second kappa shape index (κ2) is 9.09. The SMILES string of the molecule is CCCCc1ccc(N2C(=O)C(c3ccc(C)cc3C)=C(N3CCCCC3)C2=O)cc1. The number of carbonyl (C=O) groups excluding carboxylic acids is 2. The Kier molecular flexibility index (Phi) is 6.26. The van der Waals surface area contributed by atoms with Gasteiger partial charge in [0, 0.05) is 13.1 Å². The molecule has 0 saturated carbocycles. The maximum Gasteiger partial charge on any atom is 0.282 e. The molecule has 31 heavy (non-hydrogen) atoms.